The summed E-state index contributed by atoms with van der Waals surface area (Å²) in [6.45, 7) is 8.09. The lowest BCUT2D eigenvalue weighted by molar-refractivity contribution is 0.308. The molecule has 0 heterocycles. The Hall–Kier alpha value is -0.853. The number of benzene rings is 1. The summed E-state index contributed by atoms with van der Waals surface area (Å²) in [5, 5.41) is 0. The van der Waals surface area contributed by atoms with Crippen molar-refractivity contribution in [3.05, 3.63) is 29.8 Å². The standard InChI is InChI=1S/C16H28O4SSi/c1-21(17,18)20-13-11-15-7-9-16(10-8-15)19-12-5-6-14-22(2,3)4/h7-10H,5-6,11-14H2,1-4H3. The molecule has 0 atom stereocenters. The van der Waals surface area contributed by atoms with Crippen LogP contribution in [-0.4, -0.2) is 36.0 Å². The van der Waals surface area contributed by atoms with Crippen molar-refractivity contribution in [1.29, 1.82) is 0 Å². The highest BCUT2D eigenvalue weighted by Crippen LogP contribution is 2.15. The minimum Gasteiger partial charge on any atom is -0.494 e. The number of ether oxygens (including phenoxy) is 1. The van der Waals surface area contributed by atoms with Gasteiger partial charge in [0.2, 0.25) is 0 Å². The fourth-order valence-corrected chi connectivity index (χ4v) is 3.71. The van der Waals surface area contributed by atoms with Crippen molar-refractivity contribution in [2.75, 3.05) is 19.5 Å². The predicted molar refractivity (Wildman–Crippen MR) is 93.8 cm³/mol. The van der Waals surface area contributed by atoms with E-state index in [-0.39, 0.29) is 6.61 Å². The van der Waals surface area contributed by atoms with Gasteiger partial charge in [0.05, 0.1) is 19.5 Å². The molecule has 0 bridgehead atoms. The van der Waals surface area contributed by atoms with Gasteiger partial charge in [0.25, 0.3) is 10.1 Å². The van der Waals surface area contributed by atoms with Gasteiger partial charge in [-0.1, -0.05) is 44.2 Å². The quantitative estimate of drug-likeness (QED) is 0.369. The number of rotatable bonds is 10. The zero-order valence-electron chi connectivity index (χ0n) is 14.1. The van der Waals surface area contributed by atoms with E-state index in [0.717, 1.165) is 30.6 Å². The summed E-state index contributed by atoms with van der Waals surface area (Å²) in [5.74, 6) is 0.862. The summed E-state index contributed by atoms with van der Waals surface area (Å²) in [6, 6.07) is 9.09. The van der Waals surface area contributed by atoms with E-state index in [4.69, 9.17) is 8.92 Å². The average molecular weight is 345 g/mol. The summed E-state index contributed by atoms with van der Waals surface area (Å²) in [5.41, 5.74) is 1.04. The Labute approximate surface area is 136 Å². The Kier molecular flexibility index (Phi) is 7.59. The lowest BCUT2D eigenvalue weighted by Crippen LogP contribution is -2.18. The highest BCUT2D eigenvalue weighted by molar-refractivity contribution is 7.85. The Morgan fingerprint density at radius 2 is 1.64 bits per heavy atom. The first-order valence-corrected chi connectivity index (χ1v) is 13.2. The highest BCUT2D eigenvalue weighted by atomic mass is 32.2. The van der Waals surface area contributed by atoms with Gasteiger partial charge in [0.1, 0.15) is 5.75 Å². The fourth-order valence-electron chi connectivity index (χ4n) is 2.01. The van der Waals surface area contributed by atoms with Gasteiger partial charge in [-0.2, -0.15) is 8.42 Å². The first-order valence-electron chi connectivity index (χ1n) is 7.72. The van der Waals surface area contributed by atoms with Crippen LogP contribution in [0.5, 0.6) is 5.75 Å². The third-order valence-electron chi connectivity index (χ3n) is 3.20. The second-order valence-electron chi connectivity index (χ2n) is 6.79. The molecule has 0 spiro atoms. The summed E-state index contributed by atoms with van der Waals surface area (Å²) < 4.78 is 32.2. The number of unbranched alkanes of at least 4 members (excludes halogenated alkanes) is 1. The smallest absolute Gasteiger partial charge is 0.264 e. The molecule has 1 aromatic carbocycles. The molecule has 0 N–H and O–H groups in total. The van der Waals surface area contributed by atoms with Crippen LogP contribution in [0.3, 0.4) is 0 Å². The Morgan fingerprint density at radius 3 is 2.18 bits per heavy atom. The molecule has 126 valence electrons. The number of hydrogen-bond donors (Lipinski definition) is 0. The van der Waals surface area contributed by atoms with Gasteiger partial charge >= 0.3 is 0 Å². The molecule has 0 fully saturated rings. The Bertz CT molecular complexity index is 532. The average Bonchev–Trinajstić information content (AvgIpc) is 2.37. The van der Waals surface area contributed by atoms with E-state index < -0.39 is 18.2 Å². The molecule has 0 aliphatic heterocycles. The maximum absolute atomic E-state index is 10.9. The van der Waals surface area contributed by atoms with E-state index in [1.165, 1.54) is 12.5 Å². The second kappa shape index (κ2) is 8.69. The molecule has 0 unspecified atom stereocenters. The molecule has 22 heavy (non-hydrogen) atoms. The molecule has 0 amide bonds. The molecule has 0 aliphatic rings. The van der Waals surface area contributed by atoms with E-state index in [9.17, 15) is 8.42 Å². The van der Waals surface area contributed by atoms with Gasteiger partial charge in [0, 0.05) is 8.07 Å². The third-order valence-corrected chi connectivity index (χ3v) is 5.65. The monoisotopic (exact) mass is 344 g/mol. The first kappa shape index (κ1) is 19.2. The molecule has 0 aliphatic carbocycles. The van der Waals surface area contributed by atoms with Gasteiger partial charge in [-0.15, -0.1) is 0 Å². The third kappa shape index (κ3) is 9.97. The van der Waals surface area contributed by atoms with E-state index in [1.807, 2.05) is 24.3 Å². The van der Waals surface area contributed by atoms with Crippen LogP contribution in [0.4, 0.5) is 0 Å². The molecule has 0 radical (unpaired) electrons. The minimum atomic E-state index is -3.35. The van der Waals surface area contributed by atoms with Crippen LogP contribution in [0.2, 0.25) is 25.7 Å². The van der Waals surface area contributed by atoms with Gasteiger partial charge in [0.15, 0.2) is 0 Å². The summed E-state index contributed by atoms with van der Waals surface area (Å²) >= 11 is 0. The fraction of sp³-hybridized carbons (Fsp3) is 0.625. The Morgan fingerprint density at radius 1 is 1.00 bits per heavy atom. The molecular weight excluding hydrogens is 316 g/mol. The zero-order chi connectivity index (χ0) is 16.6. The van der Waals surface area contributed by atoms with Crippen molar-refractivity contribution in [1.82, 2.24) is 0 Å². The summed E-state index contributed by atoms with van der Waals surface area (Å²) in [4.78, 5) is 0. The first-order chi connectivity index (χ1) is 10.2. The van der Waals surface area contributed by atoms with Crippen LogP contribution in [0.1, 0.15) is 18.4 Å². The van der Waals surface area contributed by atoms with E-state index in [1.54, 1.807) is 0 Å². The van der Waals surface area contributed by atoms with Gasteiger partial charge in [-0.3, -0.25) is 4.18 Å². The van der Waals surface area contributed by atoms with Gasteiger partial charge < -0.3 is 4.74 Å². The molecule has 1 aromatic rings. The second-order valence-corrected chi connectivity index (χ2v) is 14.1. The van der Waals surface area contributed by atoms with Crippen LogP contribution in [0.25, 0.3) is 0 Å². The molecule has 0 saturated carbocycles. The van der Waals surface area contributed by atoms with Crippen molar-refractivity contribution in [2.24, 2.45) is 0 Å². The molecule has 4 nitrogen and oxygen atoms in total. The zero-order valence-corrected chi connectivity index (χ0v) is 15.9. The minimum absolute atomic E-state index is 0.176. The van der Waals surface area contributed by atoms with Crippen LogP contribution in [-0.2, 0) is 20.7 Å². The van der Waals surface area contributed by atoms with E-state index >= 15 is 0 Å². The lowest BCUT2D eigenvalue weighted by atomic mass is 10.1. The van der Waals surface area contributed by atoms with Crippen molar-refractivity contribution in [2.45, 2.75) is 44.9 Å². The maximum atomic E-state index is 10.9. The van der Waals surface area contributed by atoms with Gasteiger partial charge in [-0.25, -0.2) is 0 Å². The normalized spacial score (nSPS) is 12.4. The van der Waals surface area contributed by atoms with Crippen LogP contribution in [0.15, 0.2) is 24.3 Å². The van der Waals surface area contributed by atoms with Crippen molar-refractivity contribution < 1.29 is 17.3 Å². The maximum Gasteiger partial charge on any atom is 0.264 e. The lowest BCUT2D eigenvalue weighted by Gasteiger charge is -2.15. The number of hydrogen-bond acceptors (Lipinski definition) is 4. The van der Waals surface area contributed by atoms with Gasteiger partial charge in [-0.05, 0) is 30.5 Å². The SMILES string of the molecule is C[Si](C)(C)CCCCOc1ccc(CCOS(C)(=O)=O)cc1. The Balaban J connectivity index is 2.24. The topological polar surface area (TPSA) is 52.6 Å². The van der Waals surface area contributed by atoms with Crippen LogP contribution >= 0.6 is 0 Å². The van der Waals surface area contributed by atoms with E-state index in [2.05, 4.69) is 19.6 Å². The van der Waals surface area contributed by atoms with Crippen LogP contribution < -0.4 is 4.74 Å². The molecule has 0 aromatic heterocycles. The van der Waals surface area contributed by atoms with Crippen molar-refractivity contribution >= 4 is 18.2 Å². The van der Waals surface area contributed by atoms with Crippen molar-refractivity contribution in [3.8, 4) is 5.75 Å². The largest absolute Gasteiger partial charge is 0.494 e. The summed E-state index contributed by atoms with van der Waals surface area (Å²) in [6.07, 6.45) is 3.96. The molecule has 6 heteroatoms. The molecule has 1 rings (SSSR count). The summed E-state index contributed by atoms with van der Waals surface area (Å²) in [7, 11) is -4.28. The highest BCUT2D eigenvalue weighted by Gasteiger charge is 2.11. The molecule has 0 saturated heterocycles. The van der Waals surface area contributed by atoms with Crippen molar-refractivity contribution in [3.63, 3.8) is 0 Å². The molecular formula is C16H28O4SSi. The van der Waals surface area contributed by atoms with Crippen LogP contribution in [0, 0.1) is 0 Å². The van der Waals surface area contributed by atoms with E-state index in [0.29, 0.717) is 6.42 Å². The predicted octanol–water partition coefficient (Wildman–Crippen LogP) is 3.70.